The van der Waals surface area contributed by atoms with Crippen LogP contribution in [0.1, 0.15) is 60.2 Å². The smallest absolute Gasteiger partial charge is 0.257 e. The lowest BCUT2D eigenvalue weighted by molar-refractivity contribution is 0.102. The Morgan fingerprint density at radius 3 is 2.30 bits per heavy atom. The van der Waals surface area contributed by atoms with Crippen LogP contribution >= 0.6 is 0 Å². The van der Waals surface area contributed by atoms with Crippen LogP contribution in [0.25, 0.3) is 0 Å². The number of carbonyl (C=O) groups is 1. The quantitative estimate of drug-likeness (QED) is 0.528. The van der Waals surface area contributed by atoms with Crippen LogP contribution in [0.2, 0.25) is 0 Å². The molecule has 154 valence electrons. The summed E-state index contributed by atoms with van der Waals surface area (Å²) in [6.45, 7) is 7.76. The molecule has 1 aliphatic rings. The van der Waals surface area contributed by atoms with Crippen LogP contribution in [-0.4, -0.2) is 12.5 Å². The summed E-state index contributed by atoms with van der Waals surface area (Å²) >= 11 is 0. The van der Waals surface area contributed by atoms with E-state index in [9.17, 15) is 4.79 Å². The molecule has 2 N–H and O–H groups in total. The van der Waals surface area contributed by atoms with Crippen LogP contribution in [0.5, 0.6) is 0 Å². The summed E-state index contributed by atoms with van der Waals surface area (Å²) < 4.78 is 0. The van der Waals surface area contributed by atoms with Crippen molar-refractivity contribution in [2.45, 2.75) is 39.5 Å². The number of rotatable bonds is 4. The van der Waals surface area contributed by atoms with Gasteiger partial charge in [-0.3, -0.25) is 4.79 Å². The number of nitrogens with one attached hydrogen (secondary N) is 2. The van der Waals surface area contributed by atoms with Crippen LogP contribution < -0.4 is 10.6 Å². The molecule has 4 rings (SSSR count). The van der Waals surface area contributed by atoms with Crippen molar-refractivity contribution in [2.75, 3.05) is 17.2 Å². The topological polar surface area (TPSA) is 41.1 Å². The van der Waals surface area contributed by atoms with E-state index in [2.05, 4.69) is 67.8 Å². The minimum absolute atomic E-state index is 0.0607. The third-order valence-corrected chi connectivity index (χ3v) is 5.91. The van der Waals surface area contributed by atoms with E-state index in [-0.39, 0.29) is 11.3 Å². The summed E-state index contributed by atoms with van der Waals surface area (Å²) in [4.78, 5) is 13.3. The van der Waals surface area contributed by atoms with Gasteiger partial charge in [-0.2, -0.15) is 0 Å². The van der Waals surface area contributed by atoms with Gasteiger partial charge in [0.25, 0.3) is 5.91 Å². The monoisotopic (exact) mass is 398 g/mol. The molecule has 0 saturated carbocycles. The van der Waals surface area contributed by atoms with Gasteiger partial charge in [0.05, 0.1) is 11.3 Å². The molecule has 1 aliphatic heterocycles. The van der Waals surface area contributed by atoms with Crippen molar-refractivity contribution in [3.63, 3.8) is 0 Å². The number of amides is 1. The van der Waals surface area contributed by atoms with E-state index in [1.165, 1.54) is 16.7 Å². The van der Waals surface area contributed by atoms with E-state index in [1.54, 1.807) is 0 Å². The molecule has 3 aromatic rings. The first-order chi connectivity index (χ1) is 14.4. The first-order valence-electron chi connectivity index (χ1n) is 10.7. The van der Waals surface area contributed by atoms with Crippen LogP contribution in [-0.2, 0) is 6.42 Å². The molecule has 1 amide bonds. The Morgan fingerprint density at radius 1 is 0.967 bits per heavy atom. The van der Waals surface area contributed by atoms with Crippen LogP contribution in [0, 0.1) is 5.41 Å². The molecule has 0 spiro atoms. The fraction of sp³-hybridized carbons (Fsp3) is 0.296. The Kier molecular flexibility index (Phi) is 5.63. The van der Waals surface area contributed by atoms with E-state index in [1.807, 2.05) is 36.4 Å². The Balaban J connectivity index is 1.77. The summed E-state index contributed by atoms with van der Waals surface area (Å²) in [5.41, 5.74) is 6.37. The Bertz CT molecular complexity index is 1020. The molecule has 1 unspecified atom stereocenters. The maximum Gasteiger partial charge on any atom is 0.257 e. The Morgan fingerprint density at radius 2 is 1.63 bits per heavy atom. The van der Waals surface area contributed by atoms with Crippen molar-refractivity contribution in [2.24, 2.45) is 5.41 Å². The predicted molar refractivity (Wildman–Crippen MR) is 125 cm³/mol. The van der Waals surface area contributed by atoms with Crippen molar-refractivity contribution in [3.05, 3.63) is 95.1 Å². The highest BCUT2D eigenvalue weighted by Crippen LogP contribution is 2.45. The van der Waals surface area contributed by atoms with Crippen LogP contribution in [0.15, 0.2) is 72.8 Å². The van der Waals surface area contributed by atoms with Gasteiger partial charge in [0.15, 0.2) is 0 Å². The van der Waals surface area contributed by atoms with E-state index in [0.717, 1.165) is 36.3 Å². The van der Waals surface area contributed by atoms with E-state index in [4.69, 9.17) is 0 Å². The highest BCUT2D eigenvalue weighted by molar-refractivity contribution is 6.08. The summed E-state index contributed by atoms with van der Waals surface area (Å²) in [7, 11) is 0. The van der Waals surface area contributed by atoms with Crippen molar-refractivity contribution in [1.82, 2.24) is 0 Å². The molecule has 0 fully saturated rings. The van der Waals surface area contributed by atoms with Gasteiger partial charge in [0.1, 0.15) is 0 Å². The van der Waals surface area contributed by atoms with Gasteiger partial charge in [-0.15, -0.1) is 0 Å². The Hall–Kier alpha value is -3.07. The SMILES string of the molecule is CC(C)(C)C1CCNc2c(C(=O)Nc3ccccc3)cc(Cc3ccccc3)cc21. The third-order valence-electron chi connectivity index (χ3n) is 5.91. The zero-order chi connectivity index (χ0) is 21.1. The highest BCUT2D eigenvalue weighted by atomic mass is 16.1. The summed E-state index contributed by atoms with van der Waals surface area (Å²) in [6, 6.07) is 24.5. The fourth-order valence-corrected chi connectivity index (χ4v) is 4.43. The van der Waals surface area contributed by atoms with Gasteiger partial charge in [-0.25, -0.2) is 0 Å². The van der Waals surface area contributed by atoms with Crippen molar-refractivity contribution in [3.8, 4) is 0 Å². The predicted octanol–water partition coefficient (Wildman–Crippen LogP) is 6.48. The number of benzene rings is 3. The molecule has 1 atom stereocenters. The lowest BCUT2D eigenvalue weighted by Gasteiger charge is -2.37. The number of fused-ring (bicyclic) bond motifs is 1. The molecule has 0 bridgehead atoms. The molecule has 0 saturated heterocycles. The van der Waals surface area contributed by atoms with Gasteiger partial charge in [-0.1, -0.05) is 75.4 Å². The summed E-state index contributed by atoms with van der Waals surface area (Å²) in [5.74, 6) is 0.349. The maximum atomic E-state index is 13.3. The first kappa shape index (κ1) is 20.2. The van der Waals surface area contributed by atoms with Gasteiger partial charge in [-0.05, 0) is 59.1 Å². The van der Waals surface area contributed by atoms with Crippen molar-refractivity contribution >= 4 is 17.3 Å². The van der Waals surface area contributed by atoms with Crippen LogP contribution in [0.3, 0.4) is 0 Å². The molecule has 0 aliphatic carbocycles. The van der Waals surface area contributed by atoms with Gasteiger partial charge >= 0.3 is 0 Å². The molecular weight excluding hydrogens is 368 g/mol. The number of hydrogen-bond acceptors (Lipinski definition) is 2. The van der Waals surface area contributed by atoms with Gasteiger partial charge < -0.3 is 10.6 Å². The molecule has 0 aromatic heterocycles. The second-order valence-electron chi connectivity index (χ2n) is 9.22. The molecular formula is C27H30N2O. The second kappa shape index (κ2) is 8.35. The largest absolute Gasteiger partial charge is 0.384 e. The zero-order valence-electron chi connectivity index (χ0n) is 18.0. The zero-order valence-corrected chi connectivity index (χ0v) is 18.0. The summed E-state index contributed by atoms with van der Waals surface area (Å²) in [5, 5.41) is 6.60. The average molecular weight is 399 g/mol. The minimum atomic E-state index is -0.0607. The molecule has 1 heterocycles. The number of para-hydroxylation sites is 1. The van der Waals surface area contributed by atoms with Crippen molar-refractivity contribution in [1.29, 1.82) is 0 Å². The van der Waals surface area contributed by atoms with E-state index < -0.39 is 0 Å². The van der Waals surface area contributed by atoms with E-state index >= 15 is 0 Å². The molecule has 30 heavy (non-hydrogen) atoms. The van der Waals surface area contributed by atoms with Gasteiger partial charge in [0.2, 0.25) is 0 Å². The molecule has 3 nitrogen and oxygen atoms in total. The molecule has 3 heteroatoms. The van der Waals surface area contributed by atoms with Crippen LogP contribution in [0.4, 0.5) is 11.4 Å². The minimum Gasteiger partial charge on any atom is -0.384 e. The Labute approximate surface area is 179 Å². The lowest BCUT2D eigenvalue weighted by Crippen LogP contribution is -2.28. The van der Waals surface area contributed by atoms with E-state index in [0.29, 0.717) is 5.92 Å². The number of hydrogen-bond donors (Lipinski definition) is 2. The standard InChI is InChI=1S/C27H30N2O/c1-27(2,3)24-14-15-28-25-22(24)17-20(16-19-10-6-4-7-11-19)18-23(25)26(30)29-21-12-8-5-9-13-21/h4-13,17-18,24,28H,14-16H2,1-3H3,(H,29,30). The second-order valence-corrected chi connectivity index (χ2v) is 9.22. The molecule has 0 radical (unpaired) electrons. The molecule has 3 aromatic carbocycles. The number of carbonyl (C=O) groups excluding carboxylic acids is 1. The fourth-order valence-electron chi connectivity index (χ4n) is 4.43. The normalized spacial score (nSPS) is 15.8. The average Bonchev–Trinajstić information content (AvgIpc) is 2.73. The highest BCUT2D eigenvalue weighted by Gasteiger charge is 2.33. The summed E-state index contributed by atoms with van der Waals surface area (Å²) in [6.07, 6.45) is 1.89. The maximum absolute atomic E-state index is 13.3. The first-order valence-corrected chi connectivity index (χ1v) is 10.7. The number of anilines is 2. The lowest BCUT2D eigenvalue weighted by atomic mass is 9.71. The van der Waals surface area contributed by atoms with Crippen molar-refractivity contribution < 1.29 is 4.79 Å². The van der Waals surface area contributed by atoms with Gasteiger partial charge in [0, 0.05) is 12.2 Å². The third kappa shape index (κ3) is 4.40.